The minimum atomic E-state index is -0.975. The van der Waals surface area contributed by atoms with Crippen LogP contribution < -0.4 is 0 Å². The van der Waals surface area contributed by atoms with E-state index in [2.05, 4.69) is 0 Å². The number of methoxy groups -OCH3 is 1. The molecule has 0 fully saturated rings. The van der Waals surface area contributed by atoms with Gasteiger partial charge in [0.25, 0.3) is 11.6 Å². The van der Waals surface area contributed by atoms with E-state index in [1.807, 2.05) is 0 Å². The number of aliphatic hydroxyl groups excluding tert-OH is 1. The van der Waals surface area contributed by atoms with Gasteiger partial charge in [0.15, 0.2) is 0 Å². The number of rotatable bonds is 6. The number of aliphatic hydroxyl groups is 1. The predicted octanol–water partition coefficient (Wildman–Crippen LogP) is 0.813. The molecule has 1 rings (SSSR count). The Balaban J connectivity index is 2.84. The summed E-state index contributed by atoms with van der Waals surface area (Å²) in [5, 5.41) is 20.0. The molecule has 110 valence electrons. The molecule has 0 aliphatic heterocycles. The van der Waals surface area contributed by atoms with Crippen LogP contribution in [0, 0.1) is 15.9 Å². The quantitative estimate of drug-likeness (QED) is 0.617. The van der Waals surface area contributed by atoms with Crippen molar-refractivity contribution in [1.82, 2.24) is 4.90 Å². The highest BCUT2D eigenvalue weighted by molar-refractivity contribution is 5.94. The van der Waals surface area contributed by atoms with Crippen molar-refractivity contribution < 1.29 is 24.0 Å². The number of carbonyl (C=O) groups is 1. The van der Waals surface area contributed by atoms with Gasteiger partial charge in [-0.2, -0.15) is 0 Å². The number of halogens is 1. The number of hydrogen-bond donors (Lipinski definition) is 1. The second-order valence-corrected chi connectivity index (χ2v) is 4.22. The zero-order chi connectivity index (χ0) is 15.3. The van der Waals surface area contributed by atoms with E-state index in [0.29, 0.717) is 6.07 Å². The summed E-state index contributed by atoms with van der Waals surface area (Å²) in [4.78, 5) is 22.8. The van der Waals surface area contributed by atoms with E-state index in [1.165, 1.54) is 14.2 Å². The third-order valence-corrected chi connectivity index (χ3v) is 2.58. The Morgan fingerprint density at radius 2 is 2.25 bits per heavy atom. The SMILES string of the molecule is COCC(O)CN(C)C(=O)c1ccc([N+](=O)[O-])cc1F. The van der Waals surface area contributed by atoms with Gasteiger partial charge >= 0.3 is 0 Å². The molecule has 0 bridgehead atoms. The largest absolute Gasteiger partial charge is 0.389 e. The van der Waals surface area contributed by atoms with Gasteiger partial charge in [0.1, 0.15) is 5.82 Å². The molecule has 1 amide bonds. The summed E-state index contributed by atoms with van der Waals surface area (Å²) in [6, 6.07) is 2.79. The van der Waals surface area contributed by atoms with E-state index < -0.39 is 28.4 Å². The van der Waals surface area contributed by atoms with Gasteiger partial charge < -0.3 is 14.7 Å². The molecule has 0 radical (unpaired) electrons. The number of hydrogen-bond acceptors (Lipinski definition) is 5. The lowest BCUT2D eigenvalue weighted by atomic mass is 10.1. The van der Waals surface area contributed by atoms with E-state index >= 15 is 0 Å². The van der Waals surface area contributed by atoms with Gasteiger partial charge in [0.2, 0.25) is 0 Å². The molecule has 1 unspecified atom stereocenters. The smallest absolute Gasteiger partial charge is 0.272 e. The lowest BCUT2D eigenvalue weighted by Gasteiger charge is -2.20. The summed E-state index contributed by atoms with van der Waals surface area (Å²) in [6.45, 7) is 0.00344. The molecule has 0 aliphatic carbocycles. The summed E-state index contributed by atoms with van der Waals surface area (Å²) in [6.07, 6.45) is -0.893. The maximum atomic E-state index is 13.7. The fraction of sp³-hybridized carbons (Fsp3) is 0.417. The first-order valence-corrected chi connectivity index (χ1v) is 5.73. The number of nitro groups is 1. The van der Waals surface area contributed by atoms with Crippen molar-refractivity contribution in [3.05, 3.63) is 39.7 Å². The van der Waals surface area contributed by atoms with Crippen LogP contribution in [-0.4, -0.2) is 54.3 Å². The topological polar surface area (TPSA) is 92.9 Å². The Bertz CT molecular complexity index is 509. The van der Waals surface area contributed by atoms with Crippen molar-refractivity contribution >= 4 is 11.6 Å². The number of carbonyl (C=O) groups excluding carboxylic acids is 1. The Kier molecular flexibility index (Phi) is 5.53. The lowest BCUT2D eigenvalue weighted by Crippen LogP contribution is -2.36. The molecule has 8 heteroatoms. The van der Waals surface area contributed by atoms with Crippen LogP contribution in [-0.2, 0) is 4.74 Å². The standard InChI is InChI=1S/C12H15FN2O5/c1-14(6-9(16)7-20-2)12(17)10-4-3-8(15(18)19)5-11(10)13/h3-5,9,16H,6-7H2,1-2H3. The highest BCUT2D eigenvalue weighted by Gasteiger charge is 2.20. The van der Waals surface area contributed by atoms with Crippen LogP contribution in [0.1, 0.15) is 10.4 Å². The number of ether oxygens (including phenoxy) is 1. The summed E-state index contributed by atoms with van der Waals surface area (Å²) in [5.74, 6) is -1.65. The highest BCUT2D eigenvalue weighted by atomic mass is 19.1. The Labute approximate surface area is 114 Å². The van der Waals surface area contributed by atoms with E-state index in [0.717, 1.165) is 17.0 Å². The molecule has 0 aromatic heterocycles. The first-order valence-electron chi connectivity index (χ1n) is 5.73. The second kappa shape index (κ2) is 6.92. The van der Waals surface area contributed by atoms with Crippen molar-refractivity contribution in [2.75, 3.05) is 27.3 Å². The van der Waals surface area contributed by atoms with Crippen LogP contribution in [0.25, 0.3) is 0 Å². The van der Waals surface area contributed by atoms with Crippen LogP contribution in [0.5, 0.6) is 0 Å². The molecular weight excluding hydrogens is 271 g/mol. The summed E-state index contributed by atoms with van der Waals surface area (Å²) >= 11 is 0. The molecular formula is C12H15FN2O5. The monoisotopic (exact) mass is 286 g/mol. The van der Waals surface area contributed by atoms with Crippen molar-refractivity contribution in [1.29, 1.82) is 0 Å². The third kappa shape index (κ3) is 3.97. The molecule has 1 aromatic carbocycles. The Hall–Kier alpha value is -2.06. The second-order valence-electron chi connectivity index (χ2n) is 4.22. The fourth-order valence-corrected chi connectivity index (χ4v) is 1.64. The molecule has 0 saturated heterocycles. The normalized spacial score (nSPS) is 12.0. The van der Waals surface area contributed by atoms with Gasteiger partial charge in [-0.1, -0.05) is 0 Å². The van der Waals surface area contributed by atoms with Crippen LogP contribution in [0.3, 0.4) is 0 Å². The molecule has 1 atom stereocenters. The summed E-state index contributed by atoms with van der Waals surface area (Å²) in [5.41, 5.74) is -0.719. The van der Waals surface area contributed by atoms with Gasteiger partial charge in [-0.25, -0.2) is 4.39 Å². The maximum Gasteiger partial charge on any atom is 0.272 e. The first kappa shape index (κ1) is 16.0. The van der Waals surface area contributed by atoms with Gasteiger partial charge in [0.05, 0.1) is 29.3 Å². The number of amides is 1. The molecule has 0 heterocycles. The molecule has 7 nitrogen and oxygen atoms in total. The molecule has 1 aromatic rings. The summed E-state index contributed by atoms with van der Waals surface area (Å²) in [7, 11) is 2.79. The predicted molar refractivity (Wildman–Crippen MR) is 67.9 cm³/mol. The molecule has 0 saturated carbocycles. The van der Waals surface area contributed by atoms with Crippen LogP contribution >= 0.6 is 0 Å². The van der Waals surface area contributed by atoms with Crippen molar-refractivity contribution in [3.8, 4) is 0 Å². The Morgan fingerprint density at radius 3 is 2.75 bits per heavy atom. The zero-order valence-electron chi connectivity index (χ0n) is 11.1. The van der Waals surface area contributed by atoms with E-state index in [1.54, 1.807) is 0 Å². The number of benzene rings is 1. The molecule has 0 spiro atoms. The van der Waals surface area contributed by atoms with Gasteiger partial charge in [-0.05, 0) is 6.07 Å². The summed E-state index contributed by atoms with van der Waals surface area (Å²) < 4.78 is 18.4. The van der Waals surface area contributed by atoms with Crippen molar-refractivity contribution in [2.45, 2.75) is 6.10 Å². The third-order valence-electron chi connectivity index (χ3n) is 2.58. The van der Waals surface area contributed by atoms with Gasteiger partial charge in [0, 0.05) is 26.8 Å². The maximum absolute atomic E-state index is 13.7. The number of non-ortho nitro benzene ring substituents is 1. The van der Waals surface area contributed by atoms with Crippen molar-refractivity contribution in [2.24, 2.45) is 0 Å². The lowest BCUT2D eigenvalue weighted by molar-refractivity contribution is -0.385. The Morgan fingerprint density at radius 1 is 1.60 bits per heavy atom. The van der Waals surface area contributed by atoms with Gasteiger partial charge in [-0.3, -0.25) is 14.9 Å². The van der Waals surface area contributed by atoms with Crippen LogP contribution in [0.2, 0.25) is 0 Å². The minimum Gasteiger partial charge on any atom is -0.389 e. The number of nitro benzene ring substituents is 1. The van der Waals surface area contributed by atoms with E-state index in [4.69, 9.17) is 4.74 Å². The van der Waals surface area contributed by atoms with E-state index in [9.17, 15) is 24.4 Å². The van der Waals surface area contributed by atoms with Crippen LogP contribution in [0.4, 0.5) is 10.1 Å². The highest BCUT2D eigenvalue weighted by Crippen LogP contribution is 2.17. The average molecular weight is 286 g/mol. The minimum absolute atomic E-state index is 0.0386. The molecule has 20 heavy (non-hydrogen) atoms. The average Bonchev–Trinajstić information content (AvgIpc) is 2.37. The zero-order valence-corrected chi connectivity index (χ0v) is 11.1. The van der Waals surface area contributed by atoms with Crippen LogP contribution in [0.15, 0.2) is 18.2 Å². The first-order chi connectivity index (χ1) is 9.36. The fourth-order valence-electron chi connectivity index (χ4n) is 1.64. The van der Waals surface area contributed by atoms with Gasteiger partial charge in [-0.15, -0.1) is 0 Å². The number of likely N-dealkylation sites (N-methyl/N-ethyl adjacent to an activating group) is 1. The van der Waals surface area contributed by atoms with Crippen molar-refractivity contribution in [3.63, 3.8) is 0 Å². The molecule has 0 aliphatic rings. The molecule has 1 N–H and O–H groups in total. The number of nitrogens with zero attached hydrogens (tertiary/aromatic N) is 2. The van der Waals surface area contributed by atoms with E-state index in [-0.39, 0.29) is 18.7 Å².